The molecule has 0 saturated carbocycles. The van der Waals surface area contributed by atoms with Crippen LogP contribution in [0.1, 0.15) is 25.7 Å². The van der Waals surface area contributed by atoms with Gasteiger partial charge in [-0.2, -0.15) is 0 Å². The summed E-state index contributed by atoms with van der Waals surface area (Å²) in [6.07, 6.45) is 5.15. The first-order chi connectivity index (χ1) is 8.33. The largest absolute Gasteiger partial charge is 0.381 e. The summed E-state index contributed by atoms with van der Waals surface area (Å²) in [5, 5.41) is 0. The number of ether oxygens (including phenoxy) is 2. The van der Waals surface area contributed by atoms with Crippen molar-refractivity contribution >= 4 is 12.4 Å². The van der Waals surface area contributed by atoms with E-state index in [9.17, 15) is 0 Å². The molecule has 4 nitrogen and oxygen atoms in total. The van der Waals surface area contributed by atoms with Gasteiger partial charge in [-0.1, -0.05) is 0 Å². The minimum Gasteiger partial charge on any atom is -0.381 e. The van der Waals surface area contributed by atoms with Gasteiger partial charge in [0.05, 0.1) is 12.7 Å². The van der Waals surface area contributed by atoms with Crippen LogP contribution in [0.3, 0.4) is 0 Å². The lowest BCUT2D eigenvalue weighted by molar-refractivity contribution is -0.0113. The molecule has 108 valence electrons. The maximum Gasteiger partial charge on any atom is 0.0599 e. The Labute approximate surface area is 117 Å². The SMILES string of the molecule is COC1CCN(CC2CCCOC2)C(CN)C1.Cl. The summed E-state index contributed by atoms with van der Waals surface area (Å²) in [6.45, 7) is 4.90. The van der Waals surface area contributed by atoms with Gasteiger partial charge < -0.3 is 15.2 Å². The van der Waals surface area contributed by atoms with Crippen LogP contribution in [0.5, 0.6) is 0 Å². The molecule has 2 aliphatic rings. The fourth-order valence-electron chi connectivity index (χ4n) is 3.05. The van der Waals surface area contributed by atoms with Crippen LogP contribution in [0.25, 0.3) is 0 Å². The number of likely N-dealkylation sites (tertiary alicyclic amines) is 1. The van der Waals surface area contributed by atoms with Crippen molar-refractivity contribution in [2.45, 2.75) is 37.8 Å². The monoisotopic (exact) mass is 278 g/mol. The average Bonchev–Trinajstić information content (AvgIpc) is 2.40. The Kier molecular flexibility index (Phi) is 7.49. The number of hydrogen-bond donors (Lipinski definition) is 1. The van der Waals surface area contributed by atoms with Gasteiger partial charge in [-0.25, -0.2) is 0 Å². The number of halogens is 1. The highest BCUT2D eigenvalue weighted by Gasteiger charge is 2.29. The molecule has 18 heavy (non-hydrogen) atoms. The van der Waals surface area contributed by atoms with Crippen molar-refractivity contribution in [2.24, 2.45) is 11.7 Å². The minimum atomic E-state index is 0. The Balaban J connectivity index is 0.00000162. The fraction of sp³-hybridized carbons (Fsp3) is 1.00. The van der Waals surface area contributed by atoms with Gasteiger partial charge in [0.15, 0.2) is 0 Å². The second-order valence-corrected chi connectivity index (χ2v) is 5.35. The van der Waals surface area contributed by atoms with E-state index in [2.05, 4.69) is 4.90 Å². The van der Waals surface area contributed by atoms with Gasteiger partial charge >= 0.3 is 0 Å². The van der Waals surface area contributed by atoms with E-state index in [1.54, 1.807) is 0 Å². The van der Waals surface area contributed by atoms with Crippen molar-refractivity contribution < 1.29 is 9.47 Å². The molecule has 0 amide bonds. The summed E-state index contributed by atoms with van der Waals surface area (Å²) in [6, 6.07) is 0.496. The van der Waals surface area contributed by atoms with E-state index >= 15 is 0 Å². The van der Waals surface area contributed by atoms with E-state index in [1.807, 2.05) is 7.11 Å². The summed E-state index contributed by atoms with van der Waals surface area (Å²) < 4.78 is 11.0. The molecule has 3 unspecified atom stereocenters. The summed E-state index contributed by atoms with van der Waals surface area (Å²) in [7, 11) is 1.81. The molecule has 0 aromatic heterocycles. The van der Waals surface area contributed by atoms with Crippen LogP contribution >= 0.6 is 12.4 Å². The number of nitrogens with two attached hydrogens (primary N) is 1. The predicted molar refractivity (Wildman–Crippen MR) is 75.2 cm³/mol. The lowest BCUT2D eigenvalue weighted by Crippen LogP contribution is -2.50. The molecule has 5 heteroatoms. The lowest BCUT2D eigenvalue weighted by atomic mass is 9.95. The van der Waals surface area contributed by atoms with Gasteiger partial charge in [-0.05, 0) is 31.6 Å². The van der Waals surface area contributed by atoms with E-state index in [-0.39, 0.29) is 12.4 Å². The third kappa shape index (κ3) is 4.35. The Bertz CT molecular complexity index is 225. The van der Waals surface area contributed by atoms with Gasteiger partial charge in [0.2, 0.25) is 0 Å². The van der Waals surface area contributed by atoms with E-state index < -0.39 is 0 Å². The highest BCUT2D eigenvalue weighted by atomic mass is 35.5. The summed E-state index contributed by atoms with van der Waals surface area (Å²) in [5.74, 6) is 0.705. The Hall–Kier alpha value is 0.130. The first kappa shape index (κ1) is 16.2. The third-order valence-corrected chi connectivity index (χ3v) is 4.14. The van der Waals surface area contributed by atoms with Crippen LogP contribution in [0, 0.1) is 5.92 Å². The van der Waals surface area contributed by atoms with Gasteiger partial charge in [-0.15, -0.1) is 12.4 Å². The van der Waals surface area contributed by atoms with E-state index in [0.29, 0.717) is 18.1 Å². The number of piperidine rings is 1. The van der Waals surface area contributed by atoms with Crippen LogP contribution in [-0.2, 0) is 9.47 Å². The zero-order valence-electron chi connectivity index (χ0n) is 11.3. The van der Waals surface area contributed by atoms with Gasteiger partial charge in [0, 0.05) is 39.4 Å². The van der Waals surface area contributed by atoms with Crippen molar-refractivity contribution in [2.75, 3.05) is 40.0 Å². The van der Waals surface area contributed by atoms with Crippen molar-refractivity contribution in [3.8, 4) is 0 Å². The van der Waals surface area contributed by atoms with Crippen molar-refractivity contribution in [1.29, 1.82) is 0 Å². The molecular formula is C13H27ClN2O2. The zero-order valence-corrected chi connectivity index (χ0v) is 12.2. The highest BCUT2D eigenvalue weighted by Crippen LogP contribution is 2.22. The Morgan fingerprint density at radius 1 is 1.39 bits per heavy atom. The molecular weight excluding hydrogens is 252 g/mol. The number of methoxy groups -OCH3 is 1. The topological polar surface area (TPSA) is 47.7 Å². The van der Waals surface area contributed by atoms with E-state index in [1.165, 1.54) is 12.8 Å². The van der Waals surface area contributed by atoms with E-state index in [4.69, 9.17) is 15.2 Å². The molecule has 2 heterocycles. The van der Waals surface area contributed by atoms with Crippen molar-refractivity contribution in [3.63, 3.8) is 0 Å². The standard InChI is InChI=1S/C13H26N2O2.ClH/c1-16-13-4-5-15(12(7-13)8-14)9-11-3-2-6-17-10-11;/h11-13H,2-10,14H2,1H3;1H. The number of rotatable bonds is 4. The smallest absolute Gasteiger partial charge is 0.0599 e. The van der Waals surface area contributed by atoms with Gasteiger partial charge in [-0.3, -0.25) is 4.90 Å². The Morgan fingerprint density at radius 3 is 2.83 bits per heavy atom. The summed E-state index contributed by atoms with van der Waals surface area (Å²) in [4.78, 5) is 2.55. The molecule has 3 atom stereocenters. The molecule has 0 bridgehead atoms. The lowest BCUT2D eigenvalue weighted by Gasteiger charge is -2.40. The first-order valence-corrected chi connectivity index (χ1v) is 6.88. The maximum atomic E-state index is 5.89. The number of hydrogen-bond acceptors (Lipinski definition) is 4. The van der Waals surface area contributed by atoms with Crippen LogP contribution in [0.2, 0.25) is 0 Å². The molecule has 2 N–H and O–H groups in total. The van der Waals surface area contributed by atoms with Crippen molar-refractivity contribution in [1.82, 2.24) is 4.90 Å². The average molecular weight is 279 g/mol. The molecule has 0 radical (unpaired) electrons. The molecule has 0 aliphatic carbocycles. The summed E-state index contributed by atoms with van der Waals surface area (Å²) >= 11 is 0. The second-order valence-electron chi connectivity index (χ2n) is 5.35. The molecule has 2 aliphatic heterocycles. The summed E-state index contributed by atoms with van der Waals surface area (Å²) in [5.41, 5.74) is 5.89. The molecule has 0 aromatic carbocycles. The predicted octanol–water partition coefficient (Wildman–Crippen LogP) is 1.27. The van der Waals surface area contributed by atoms with E-state index in [0.717, 1.165) is 45.7 Å². The third-order valence-electron chi connectivity index (χ3n) is 4.14. The zero-order chi connectivity index (χ0) is 12.1. The Morgan fingerprint density at radius 2 is 2.22 bits per heavy atom. The minimum absolute atomic E-state index is 0. The molecule has 2 saturated heterocycles. The molecule has 2 rings (SSSR count). The van der Waals surface area contributed by atoms with Gasteiger partial charge in [0.25, 0.3) is 0 Å². The normalized spacial score (nSPS) is 34.0. The van der Waals surface area contributed by atoms with Crippen LogP contribution in [0.15, 0.2) is 0 Å². The van der Waals surface area contributed by atoms with Crippen molar-refractivity contribution in [3.05, 3.63) is 0 Å². The van der Waals surface area contributed by atoms with Crippen LogP contribution in [-0.4, -0.2) is 57.0 Å². The van der Waals surface area contributed by atoms with Crippen LogP contribution < -0.4 is 5.73 Å². The molecule has 2 fully saturated rings. The van der Waals surface area contributed by atoms with Gasteiger partial charge in [0.1, 0.15) is 0 Å². The molecule has 0 aromatic rings. The maximum absolute atomic E-state index is 5.89. The second kappa shape index (κ2) is 8.33. The fourth-order valence-corrected chi connectivity index (χ4v) is 3.05. The quantitative estimate of drug-likeness (QED) is 0.841. The number of nitrogens with zero attached hydrogens (tertiary/aromatic N) is 1. The highest BCUT2D eigenvalue weighted by molar-refractivity contribution is 5.85. The molecule has 0 spiro atoms. The first-order valence-electron chi connectivity index (χ1n) is 6.88. The van der Waals surface area contributed by atoms with Crippen LogP contribution in [0.4, 0.5) is 0 Å².